The van der Waals surface area contributed by atoms with Gasteiger partial charge in [-0.2, -0.15) is 9.97 Å². The predicted molar refractivity (Wildman–Crippen MR) is 52.0 cm³/mol. The smallest absolute Gasteiger partial charge is 0.324 e. The first-order valence-corrected chi connectivity index (χ1v) is 4.63. The Labute approximate surface area is 91.0 Å². The van der Waals surface area contributed by atoms with Crippen molar-refractivity contribution in [1.29, 1.82) is 0 Å². The van der Waals surface area contributed by atoms with Gasteiger partial charge >= 0.3 is 12.0 Å². The van der Waals surface area contributed by atoms with Crippen LogP contribution in [0, 0.1) is 0 Å². The summed E-state index contributed by atoms with van der Waals surface area (Å²) in [4.78, 5) is 11.3. The van der Waals surface area contributed by atoms with Crippen LogP contribution >= 0.6 is 0 Å². The molecule has 16 heavy (non-hydrogen) atoms. The number of nitrogens with one attached hydrogen (secondary N) is 1. The first-order valence-electron chi connectivity index (χ1n) is 4.63. The van der Waals surface area contributed by atoms with Crippen LogP contribution in [0.5, 0.6) is 12.0 Å². The third-order valence-electron chi connectivity index (χ3n) is 1.43. The van der Waals surface area contributed by atoms with Gasteiger partial charge in [-0.1, -0.05) is 0 Å². The van der Waals surface area contributed by atoms with Crippen molar-refractivity contribution in [2.24, 2.45) is 0 Å². The maximum Gasteiger partial charge on any atom is 0.324 e. The summed E-state index contributed by atoms with van der Waals surface area (Å²) in [5, 5.41) is 2.64. The molecule has 0 saturated heterocycles. The molecule has 0 spiro atoms. The van der Waals surface area contributed by atoms with Gasteiger partial charge in [-0.25, -0.2) is 8.78 Å². The lowest BCUT2D eigenvalue weighted by molar-refractivity contribution is 0.0763. The van der Waals surface area contributed by atoms with E-state index in [1.54, 1.807) is 14.0 Å². The van der Waals surface area contributed by atoms with Crippen molar-refractivity contribution in [3.63, 3.8) is 0 Å². The number of anilines is 1. The number of alkyl halides is 2. The summed E-state index contributed by atoms with van der Waals surface area (Å²) in [6, 6.07) is -0.158. The topological polar surface area (TPSA) is 69.2 Å². The molecule has 0 aliphatic rings. The molecule has 0 saturated carbocycles. The highest BCUT2D eigenvalue weighted by Crippen LogP contribution is 2.12. The Morgan fingerprint density at radius 3 is 2.31 bits per heavy atom. The number of hydrogen-bond acceptors (Lipinski definition) is 6. The number of rotatable bonds is 6. The van der Waals surface area contributed by atoms with Crippen molar-refractivity contribution in [3.05, 3.63) is 0 Å². The molecule has 1 heterocycles. The molecule has 1 N–H and O–H groups in total. The molecule has 0 unspecified atom stereocenters. The van der Waals surface area contributed by atoms with Gasteiger partial charge in [0, 0.05) is 7.05 Å². The van der Waals surface area contributed by atoms with Crippen LogP contribution < -0.4 is 14.8 Å². The van der Waals surface area contributed by atoms with Crippen LogP contribution in [0.3, 0.4) is 0 Å². The van der Waals surface area contributed by atoms with Gasteiger partial charge in [-0.15, -0.1) is 4.98 Å². The molecule has 0 atom stereocenters. The fourth-order valence-corrected chi connectivity index (χ4v) is 0.846. The lowest BCUT2D eigenvalue weighted by atomic mass is 10.7. The normalized spacial score (nSPS) is 10.3. The molecule has 1 rings (SSSR count). The minimum atomic E-state index is -2.58. The van der Waals surface area contributed by atoms with Gasteiger partial charge in [0.05, 0.1) is 6.61 Å². The Morgan fingerprint density at radius 1 is 1.19 bits per heavy atom. The van der Waals surface area contributed by atoms with E-state index >= 15 is 0 Å². The highest BCUT2D eigenvalue weighted by atomic mass is 19.3. The molecule has 0 radical (unpaired) electrons. The first-order chi connectivity index (χ1) is 7.65. The van der Waals surface area contributed by atoms with E-state index in [0.717, 1.165) is 0 Å². The van der Waals surface area contributed by atoms with E-state index in [2.05, 4.69) is 25.0 Å². The quantitative estimate of drug-likeness (QED) is 0.790. The zero-order valence-corrected chi connectivity index (χ0v) is 8.91. The molecule has 1 aromatic heterocycles. The standard InChI is InChI=1S/C8H12F2N4O2/c1-3-15-7-12-6(11-2)13-8(14-7)16-4-5(9)10/h5H,3-4H2,1-2H3,(H,11,12,13,14). The number of nitrogens with zero attached hydrogens (tertiary/aromatic N) is 3. The van der Waals surface area contributed by atoms with Crippen LogP contribution in [0.15, 0.2) is 0 Å². The summed E-state index contributed by atoms with van der Waals surface area (Å²) in [5.41, 5.74) is 0. The molecule has 0 aliphatic heterocycles. The van der Waals surface area contributed by atoms with Crippen LogP contribution in [0.1, 0.15) is 6.92 Å². The summed E-state index contributed by atoms with van der Waals surface area (Å²) < 4.78 is 33.5. The number of halogens is 2. The van der Waals surface area contributed by atoms with Crippen molar-refractivity contribution in [2.75, 3.05) is 25.6 Å². The van der Waals surface area contributed by atoms with E-state index in [-0.39, 0.29) is 18.0 Å². The molecule has 6 nitrogen and oxygen atoms in total. The molecule has 90 valence electrons. The van der Waals surface area contributed by atoms with Gasteiger partial charge in [0.25, 0.3) is 6.43 Å². The zero-order chi connectivity index (χ0) is 12.0. The van der Waals surface area contributed by atoms with Gasteiger partial charge in [-0.05, 0) is 6.92 Å². The monoisotopic (exact) mass is 234 g/mol. The second kappa shape index (κ2) is 5.99. The fraction of sp³-hybridized carbons (Fsp3) is 0.625. The third kappa shape index (κ3) is 3.79. The van der Waals surface area contributed by atoms with Crippen molar-refractivity contribution >= 4 is 5.95 Å². The van der Waals surface area contributed by atoms with Gasteiger partial charge in [0.15, 0.2) is 6.61 Å². The van der Waals surface area contributed by atoms with Crippen molar-refractivity contribution in [3.8, 4) is 12.0 Å². The average molecular weight is 234 g/mol. The number of ether oxygens (including phenoxy) is 2. The minimum Gasteiger partial charge on any atom is -0.464 e. The second-order valence-electron chi connectivity index (χ2n) is 2.61. The van der Waals surface area contributed by atoms with Crippen molar-refractivity contribution in [2.45, 2.75) is 13.3 Å². The van der Waals surface area contributed by atoms with Gasteiger partial charge < -0.3 is 14.8 Å². The lowest BCUT2D eigenvalue weighted by Gasteiger charge is -2.07. The Hall–Kier alpha value is -1.73. The predicted octanol–water partition coefficient (Wildman–Crippen LogP) is 0.956. The maximum atomic E-state index is 11.9. The van der Waals surface area contributed by atoms with Crippen molar-refractivity contribution < 1.29 is 18.3 Å². The summed E-state index contributed by atoms with van der Waals surface area (Å²) in [6.07, 6.45) is -2.58. The van der Waals surface area contributed by atoms with Crippen LogP contribution in [0.4, 0.5) is 14.7 Å². The molecule has 0 bridgehead atoms. The van der Waals surface area contributed by atoms with Crippen LogP contribution in [0.2, 0.25) is 0 Å². The Bertz CT molecular complexity index is 338. The van der Waals surface area contributed by atoms with E-state index in [1.165, 1.54) is 0 Å². The summed E-state index contributed by atoms with van der Waals surface area (Å²) in [5.74, 6) is 0.197. The summed E-state index contributed by atoms with van der Waals surface area (Å²) in [6.45, 7) is 1.35. The Balaban J connectivity index is 2.77. The Morgan fingerprint density at radius 2 is 1.81 bits per heavy atom. The minimum absolute atomic E-state index is 0.0334. The summed E-state index contributed by atoms with van der Waals surface area (Å²) >= 11 is 0. The van der Waals surface area contributed by atoms with Crippen molar-refractivity contribution in [1.82, 2.24) is 15.0 Å². The van der Waals surface area contributed by atoms with Gasteiger partial charge in [-0.3, -0.25) is 0 Å². The molecular formula is C8H12F2N4O2. The fourth-order valence-electron chi connectivity index (χ4n) is 0.846. The molecule has 0 aliphatic carbocycles. The van der Waals surface area contributed by atoms with Crippen LogP contribution in [-0.2, 0) is 0 Å². The van der Waals surface area contributed by atoms with Crippen LogP contribution in [-0.4, -0.2) is 41.6 Å². The zero-order valence-electron chi connectivity index (χ0n) is 8.91. The molecule has 0 amide bonds. The van der Waals surface area contributed by atoms with Gasteiger partial charge in [0.2, 0.25) is 5.95 Å². The van der Waals surface area contributed by atoms with E-state index in [1.807, 2.05) is 0 Å². The number of aromatic nitrogens is 3. The maximum absolute atomic E-state index is 11.9. The largest absolute Gasteiger partial charge is 0.464 e. The molecule has 1 aromatic rings. The second-order valence-corrected chi connectivity index (χ2v) is 2.61. The molecule has 0 fully saturated rings. The average Bonchev–Trinajstić information content (AvgIpc) is 2.26. The first kappa shape index (κ1) is 12.3. The van der Waals surface area contributed by atoms with E-state index < -0.39 is 13.0 Å². The van der Waals surface area contributed by atoms with Crippen LogP contribution in [0.25, 0.3) is 0 Å². The SMILES string of the molecule is CCOc1nc(NC)nc(OCC(F)F)n1. The molecular weight excluding hydrogens is 222 g/mol. The highest BCUT2D eigenvalue weighted by molar-refractivity contribution is 5.26. The number of hydrogen-bond donors (Lipinski definition) is 1. The third-order valence-corrected chi connectivity index (χ3v) is 1.43. The summed E-state index contributed by atoms with van der Waals surface area (Å²) in [7, 11) is 1.59. The van der Waals surface area contributed by atoms with E-state index in [0.29, 0.717) is 6.61 Å². The van der Waals surface area contributed by atoms with E-state index in [9.17, 15) is 8.78 Å². The van der Waals surface area contributed by atoms with E-state index in [4.69, 9.17) is 4.74 Å². The van der Waals surface area contributed by atoms with Gasteiger partial charge in [0.1, 0.15) is 0 Å². The lowest BCUT2D eigenvalue weighted by Crippen LogP contribution is -2.11. The molecule has 8 heteroatoms. The molecule has 0 aromatic carbocycles. The highest BCUT2D eigenvalue weighted by Gasteiger charge is 2.10. The Kier molecular flexibility index (Phi) is 4.62.